The van der Waals surface area contributed by atoms with E-state index in [0.717, 1.165) is 36.5 Å². The lowest BCUT2D eigenvalue weighted by atomic mass is 10.3. The molecule has 0 saturated carbocycles. The van der Waals surface area contributed by atoms with Crippen molar-refractivity contribution in [1.82, 2.24) is 9.69 Å². The van der Waals surface area contributed by atoms with Gasteiger partial charge >= 0.3 is 12.0 Å². The Morgan fingerprint density at radius 1 is 1.48 bits per heavy atom. The first-order valence-electron chi connectivity index (χ1n) is 6.61. The van der Waals surface area contributed by atoms with E-state index in [0.29, 0.717) is 11.6 Å². The van der Waals surface area contributed by atoms with Gasteiger partial charge in [0.1, 0.15) is 15.6 Å². The Morgan fingerprint density at radius 2 is 2.24 bits per heavy atom. The zero-order valence-corrected chi connectivity index (χ0v) is 13.5. The maximum Gasteiger partial charge on any atom is 0.341 e. The topological polar surface area (TPSA) is 91.3 Å². The molecular weight excluding hydrogens is 310 g/mol. The Hall–Kier alpha value is -1.54. The fourth-order valence-corrected chi connectivity index (χ4v) is 3.42. The zero-order chi connectivity index (χ0) is 15.7. The molecule has 3 N–H and O–H groups in total. The van der Waals surface area contributed by atoms with E-state index in [4.69, 9.17) is 0 Å². The number of aromatic carboxylic acids is 1. The predicted octanol–water partition coefficient (Wildman–Crippen LogP) is 3.43. The van der Waals surface area contributed by atoms with Crippen LogP contribution in [0.1, 0.15) is 36.5 Å². The standard InChI is InChI=1S/C13H19N3O3S2/c1-3-5-6-8-20-11-9(12(17)18)10(21-16-11)15-13(19)14-7-4-2/h4H,2-3,5-8H2,1H3,(H,17,18)(H2,14,15,19). The van der Waals surface area contributed by atoms with Gasteiger partial charge in [-0.3, -0.25) is 5.32 Å². The van der Waals surface area contributed by atoms with E-state index in [1.54, 1.807) is 6.08 Å². The summed E-state index contributed by atoms with van der Waals surface area (Å²) >= 11 is 2.39. The van der Waals surface area contributed by atoms with Gasteiger partial charge in [0.2, 0.25) is 0 Å². The van der Waals surface area contributed by atoms with Gasteiger partial charge in [-0.05, 0) is 23.7 Å². The molecule has 0 saturated heterocycles. The van der Waals surface area contributed by atoms with E-state index < -0.39 is 12.0 Å². The summed E-state index contributed by atoms with van der Waals surface area (Å²) in [7, 11) is 0. The molecule has 0 unspecified atom stereocenters. The number of hydrogen-bond donors (Lipinski definition) is 3. The summed E-state index contributed by atoms with van der Waals surface area (Å²) in [4.78, 5) is 22.9. The van der Waals surface area contributed by atoms with Gasteiger partial charge in [0.15, 0.2) is 0 Å². The molecule has 0 radical (unpaired) electrons. The summed E-state index contributed by atoms with van der Waals surface area (Å²) in [6, 6.07) is -0.469. The van der Waals surface area contributed by atoms with Gasteiger partial charge in [-0.2, -0.15) is 4.37 Å². The van der Waals surface area contributed by atoms with Crippen LogP contribution in [0, 0.1) is 0 Å². The molecule has 116 valence electrons. The molecule has 0 bridgehead atoms. The quantitative estimate of drug-likeness (QED) is 0.367. The summed E-state index contributed by atoms with van der Waals surface area (Å²) in [5, 5.41) is 15.0. The number of amides is 2. The van der Waals surface area contributed by atoms with Gasteiger partial charge in [-0.25, -0.2) is 9.59 Å². The Bertz CT molecular complexity index is 503. The number of anilines is 1. The monoisotopic (exact) mass is 329 g/mol. The Kier molecular flexibility index (Phi) is 7.84. The van der Waals surface area contributed by atoms with E-state index in [1.165, 1.54) is 11.8 Å². The summed E-state index contributed by atoms with van der Waals surface area (Å²) in [5.41, 5.74) is 0.0650. The highest BCUT2D eigenvalue weighted by atomic mass is 32.2. The number of aromatic nitrogens is 1. The third-order valence-corrected chi connectivity index (χ3v) is 4.44. The van der Waals surface area contributed by atoms with Crippen LogP contribution < -0.4 is 10.6 Å². The van der Waals surface area contributed by atoms with Gasteiger partial charge in [-0.1, -0.05) is 25.8 Å². The molecule has 21 heavy (non-hydrogen) atoms. The van der Waals surface area contributed by atoms with Gasteiger partial charge in [0.05, 0.1) is 0 Å². The second-order valence-corrected chi connectivity index (χ2v) is 6.03. The maximum atomic E-state index is 11.6. The van der Waals surface area contributed by atoms with Crippen molar-refractivity contribution in [3.05, 3.63) is 18.2 Å². The van der Waals surface area contributed by atoms with Crippen LogP contribution in [0.2, 0.25) is 0 Å². The average molecular weight is 329 g/mol. The van der Waals surface area contributed by atoms with Crippen molar-refractivity contribution in [1.29, 1.82) is 0 Å². The number of rotatable bonds is 9. The van der Waals surface area contributed by atoms with Gasteiger partial charge < -0.3 is 10.4 Å². The van der Waals surface area contributed by atoms with Crippen LogP contribution in [0.15, 0.2) is 17.7 Å². The second-order valence-electron chi connectivity index (χ2n) is 4.18. The first-order valence-corrected chi connectivity index (χ1v) is 8.37. The van der Waals surface area contributed by atoms with Crippen molar-refractivity contribution >= 4 is 40.3 Å². The smallest absolute Gasteiger partial charge is 0.341 e. The maximum absolute atomic E-state index is 11.6. The molecule has 0 aliphatic rings. The Morgan fingerprint density at radius 3 is 2.86 bits per heavy atom. The number of carboxylic acid groups (broad SMARTS) is 1. The number of carboxylic acids is 1. The molecule has 0 aromatic carbocycles. The summed E-state index contributed by atoms with van der Waals surface area (Å²) in [5.74, 6) is -0.263. The molecule has 1 heterocycles. The van der Waals surface area contributed by atoms with Gasteiger partial charge in [0, 0.05) is 6.54 Å². The normalized spacial score (nSPS) is 10.1. The average Bonchev–Trinajstić information content (AvgIpc) is 2.84. The van der Waals surface area contributed by atoms with Crippen molar-refractivity contribution < 1.29 is 14.7 Å². The molecule has 0 fully saturated rings. The minimum atomic E-state index is -1.08. The van der Waals surface area contributed by atoms with Gasteiger partial charge in [0.25, 0.3) is 0 Å². The Balaban J connectivity index is 2.71. The summed E-state index contributed by atoms with van der Waals surface area (Å²) in [6.07, 6.45) is 4.77. The highest BCUT2D eigenvalue weighted by Gasteiger charge is 2.21. The third kappa shape index (κ3) is 5.76. The van der Waals surface area contributed by atoms with E-state index >= 15 is 0 Å². The molecule has 1 aromatic heterocycles. The molecule has 2 amide bonds. The number of hydrogen-bond acceptors (Lipinski definition) is 5. The molecule has 0 aliphatic heterocycles. The van der Waals surface area contributed by atoms with Crippen LogP contribution >= 0.6 is 23.3 Å². The fourth-order valence-electron chi connectivity index (χ4n) is 1.48. The van der Waals surface area contributed by atoms with E-state index in [1.807, 2.05) is 0 Å². The molecule has 0 spiro atoms. The minimum Gasteiger partial charge on any atom is -0.477 e. The van der Waals surface area contributed by atoms with Crippen LogP contribution in [0.5, 0.6) is 0 Å². The minimum absolute atomic E-state index is 0.0650. The molecule has 0 atom stereocenters. The van der Waals surface area contributed by atoms with Crippen molar-refractivity contribution in [2.75, 3.05) is 17.6 Å². The fraction of sp³-hybridized carbons (Fsp3) is 0.462. The van der Waals surface area contributed by atoms with E-state index in [-0.39, 0.29) is 10.6 Å². The molecule has 1 rings (SSSR count). The number of urea groups is 1. The largest absolute Gasteiger partial charge is 0.477 e. The van der Waals surface area contributed by atoms with E-state index in [9.17, 15) is 14.7 Å². The van der Waals surface area contributed by atoms with Crippen LogP contribution in [-0.4, -0.2) is 33.8 Å². The first kappa shape index (κ1) is 17.5. The highest BCUT2D eigenvalue weighted by molar-refractivity contribution is 7.99. The predicted molar refractivity (Wildman–Crippen MR) is 86.5 cm³/mol. The number of carbonyl (C=O) groups excluding carboxylic acids is 1. The highest BCUT2D eigenvalue weighted by Crippen LogP contribution is 2.32. The number of nitrogens with one attached hydrogen (secondary N) is 2. The Labute approximate surface area is 132 Å². The van der Waals surface area contributed by atoms with Crippen molar-refractivity contribution in [3.63, 3.8) is 0 Å². The lowest BCUT2D eigenvalue weighted by Crippen LogP contribution is -2.28. The molecular formula is C13H19N3O3S2. The number of thioether (sulfide) groups is 1. The van der Waals surface area contributed by atoms with Crippen molar-refractivity contribution in [2.45, 2.75) is 31.2 Å². The van der Waals surface area contributed by atoms with Crippen LogP contribution in [0.4, 0.5) is 9.80 Å². The van der Waals surface area contributed by atoms with E-state index in [2.05, 4.69) is 28.5 Å². The molecule has 0 aliphatic carbocycles. The number of carbonyl (C=O) groups is 2. The SMILES string of the molecule is C=CCNC(=O)Nc1snc(SCCCCC)c1C(=O)O. The van der Waals surface area contributed by atoms with Crippen LogP contribution in [0.25, 0.3) is 0 Å². The summed E-state index contributed by atoms with van der Waals surface area (Å²) < 4.78 is 4.13. The third-order valence-electron chi connectivity index (χ3n) is 2.50. The number of unbranched alkanes of at least 4 members (excludes halogenated alkanes) is 2. The molecule has 6 nitrogen and oxygen atoms in total. The molecule has 1 aromatic rings. The van der Waals surface area contributed by atoms with Crippen molar-refractivity contribution in [3.8, 4) is 0 Å². The number of nitrogens with zero attached hydrogens (tertiary/aromatic N) is 1. The second kappa shape index (κ2) is 9.41. The lowest BCUT2D eigenvalue weighted by Gasteiger charge is -2.04. The lowest BCUT2D eigenvalue weighted by molar-refractivity contribution is 0.0694. The van der Waals surface area contributed by atoms with Crippen LogP contribution in [0.3, 0.4) is 0 Å². The zero-order valence-electron chi connectivity index (χ0n) is 11.8. The van der Waals surface area contributed by atoms with Crippen molar-refractivity contribution in [2.24, 2.45) is 0 Å². The molecule has 8 heteroatoms. The van der Waals surface area contributed by atoms with Crippen LogP contribution in [-0.2, 0) is 0 Å². The first-order chi connectivity index (χ1) is 10.1. The van der Waals surface area contributed by atoms with Gasteiger partial charge in [-0.15, -0.1) is 18.3 Å². The summed E-state index contributed by atoms with van der Waals surface area (Å²) in [6.45, 7) is 5.91.